The number of hydrogen-bond acceptors (Lipinski definition) is 4. The van der Waals surface area contributed by atoms with Crippen molar-refractivity contribution in [1.29, 1.82) is 0 Å². The molecule has 2 aromatic rings. The summed E-state index contributed by atoms with van der Waals surface area (Å²) in [5.41, 5.74) is 0.250. The molecule has 2 rings (SSSR count). The minimum Gasteiger partial charge on any atom is -0.383 e. The second-order valence-electron chi connectivity index (χ2n) is 5.65. The molecule has 1 atom stereocenters. The van der Waals surface area contributed by atoms with E-state index in [0.29, 0.717) is 19.0 Å². The third-order valence-electron chi connectivity index (χ3n) is 3.58. The van der Waals surface area contributed by atoms with Gasteiger partial charge in [0.25, 0.3) is 0 Å². The highest BCUT2D eigenvalue weighted by molar-refractivity contribution is 7.98. The molecule has 1 aromatic carbocycles. The molecular formula is C18H25N3OS2. The van der Waals surface area contributed by atoms with Crippen LogP contribution in [0.1, 0.15) is 24.3 Å². The van der Waals surface area contributed by atoms with Gasteiger partial charge in [0.05, 0.1) is 13.1 Å². The molecule has 3 N–H and O–H groups in total. The van der Waals surface area contributed by atoms with Gasteiger partial charge in [0.2, 0.25) is 0 Å². The Kier molecular flexibility index (Phi) is 7.15. The average molecular weight is 364 g/mol. The summed E-state index contributed by atoms with van der Waals surface area (Å²) in [4.78, 5) is 6.80. The summed E-state index contributed by atoms with van der Waals surface area (Å²) in [6.07, 6.45) is 2.07. The minimum absolute atomic E-state index is 0.407. The van der Waals surface area contributed by atoms with E-state index in [9.17, 15) is 5.11 Å². The van der Waals surface area contributed by atoms with Crippen molar-refractivity contribution in [3.8, 4) is 0 Å². The Bertz CT molecular complexity index is 637. The van der Waals surface area contributed by atoms with Gasteiger partial charge in [0, 0.05) is 16.3 Å². The van der Waals surface area contributed by atoms with Gasteiger partial charge in [-0.3, -0.25) is 0 Å². The molecule has 1 aromatic heterocycles. The first-order chi connectivity index (χ1) is 11.5. The third-order valence-corrected chi connectivity index (χ3v) is 5.44. The van der Waals surface area contributed by atoms with Crippen LogP contribution in [-0.2, 0) is 12.1 Å². The van der Waals surface area contributed by atoms with E-state index in [1.165, 1.54) is 4.90 Å². The Morgan fingerprint density at radius 3 is 2.58 bits per heavy atom. The molecule has 0 fully saturated rings. The Balaban J connectivity index is 1.97. The van der Waals surface area contributed by atoms with E-state index >= 15 is 0 Å². The average Bonchev–Trinajstić information content (AvgIpc) is 3.13. The van der Waals surface area contributed by atoms with Crippen LogP contribution in [-0.4, -0.2) is 30.4 Å². The summed E-state index contributed by atoms with van der Waals surface area (Å²) in [6.45, 7) is 5.63. The summed E-state index contributed by atoms with van der Waals surface area (Å²) in [6, 6.07) is 12.3. The van der Waals surface area contributed by atoms with Crippen molar-refractivity contribution in [2.24, 2.45) is 4.99 Å². The maximum absolute atomic E-state index is 10.6. The lowest BCUT2D eigenvalue weighted by Crippen LogP contribution is -2.44. The standard InChI is InChI=1S/C18H25N3OS2/c1-4-19-17(20-12-14-7-9-15(23-3)10-8-14)21-13-18(2,22)16-6-5-11-24-16/h5-11,22H,4,12-13H2,1-3H3,(H2,19,20,21). The fourth-order valence-electron chi connectivity index (χ4n) is 2.17. The minimum atomic E-state index is -0.912. The molecule has 0 aliphatic heterocycles. The molecule has 0 aliphatic rings. The highest BCUT2D eigenvalue weighted by Gasteiger charge is 2.24. The number of thioether (sulfide) groups is 1. The molecule has 0 saturated carbocycles. The van der Waals surface area contributed by atoms with Crippen molar-refractivity contribution >= 4 is 29.1 Å². The van der Waals surface area contributed by atoms with E-state index in [2.05, 4.69) is 46.1 Å². The summed E-state index contributed by atoms with van der Waals surface area (Å²) in [5, 5.41) is 19.0. The maximum Gasteiger partial charge on any atom is 0.191 e. The van der Waals surface area contributed by atoms with Gasteiger partial charge < -0.3 is 15.7 Å². The number of aliphatic hydroxyl groups is 1. The number of rotatable bonds is 7. The first kappa shape index (κ1) is 18.8. The van der Waals surface area contributed by atoms with Crippen LogP contribution in [0.3, 0.4) is 0 Å². The van der Waals surface area contributed by atoms with Gasteiger partial charge >= 0.3 is 0 Å². The van der Waals surface area contributed by atoms with Gasteiger partial charge in [-0.15, -0.1) is 23.1 Å². The van der Waals surface area contributed by atoms with Crippen molar-refractivity contribution in [2.45, 2.75) is 30.9 Å². The highest BCUT2D eigenvalue weighted by Crippen LogP contribution is 2.24. The van der Waals surface area contributed by atoms with Gasteiger partial charge in [0.1, 0.15) is 5.60 Å². The largest absolute Gasteiger partial charge is 0.383 e. The van der Waals surface area contributed by atoms with Gasteiger partial charge in [0.15, 0.2) is 5.96 Å². The zero-order valence-corrected chi connectivity index (χ0v) is 16.0. The number of benzene rings is 1. The van der Waals surface area contributed by atoms with Crippen molar-refractivity contribution in [1.82, 2.24) is 10.6 Å². The van der Waals surface area contributed by atoms with Gasteiger partial charge in [-0.1, -0.05) is 18.2 Å². The van der Waals surface area contributed by atoms with Crippen LogP contribution in [0, 0.1) is 0 Å². The molecule has 0 amide bonds. The smallest absolute Gasteiger partial charge is 0.191 e. The number of guanidine groups is 1. The van der Waals surface area contributed by atoms with E-state index < -0.39 is 5.60 Å². The zero-order chi connectivity index (χ0) is 17.4. The van der Waals surface area contributed by atoms with Crippen LogP contribution in [0.25, 0.3) is 0 Å². The zero-order valence-electron chi connectivity index (χ0n) is 14.4. The van der Waals surface area contributed by atoms with Gasteiger partial charge in [-0.25, -0.2) is 4.99 Å². The second-order valence-corrected chi connectivity index (χ2v) is 7.48. The Morgan fingerprint density at radius 2 is 2.00 bits per heavy atom. The Morgan fingerprint density at radius 1 is 1.25 bits per heavy atom. The fraction of sp³-hybridized carbons (Fsp3) is 0.389. The van der Waals surface area contributed by atoms with E-state index in [1.54, 1.807) is 23.1 Å². The van der Waals surface area contributed by atoms with Crippen molar-refractivity contribution in [3.05, 3.63) is 52.2 Å². The van der Waals surface area contributed by atoms with Crippen molar-refractivity contribution in [2.75, 3.05) is 19.3 Å². The van der Waals surface area contributed by atoms with Gasteiger partial charge in [-0.2, -0.15) is 0 Å². The summed E-state index contributed by atoms with van der Waals surface area (Å²) in [7, 11) is 0. The molecular weight excluding hydrogens is 338 g/mol. The third kappa shape index (κ3) is 5.54. The monoisotopic (exact) mass is 363 g/mol. The van der Waals surface area contributed by atoms with E-state index in [4.69, 9.17) is 0 Å². The molecule has 1 unspecified atom stereocenters. The van der Waals surface area contributed by atoms with Crippen LogP contribution in [0.4, 0.5) is 0 Å². The Hall–Kier alpha value is -1.50. The van der Waals surface area contributed by atoms with E-state index in [1.807, 2.05) is 31.4 Å². The normalized spacial score (nSPS) is 14.2. The molecule has 0 saturated heterocycles. The predicted molar refractivity (Wildman–Crippen MR) is 105 cm³/mol. The van der Waals surface area contributed by atoms with Crippen molar-refractivity contribution < 1.29 is 5.11 Å². The molecule has 24 heavy (non-hydrogen) atoms. The number of hydrogen-bond donors (Lipinski definition) is 3. The van der Waals surface area contributed by atoms with Crippen LogP contribution in [0.15, 0.2) is 51.7 Å². The summed E-state index contributed by atoms with van der Waals surface area (Å²) >= 11 is 3.29. The molecule has 0 bridgehead atoms. The van der Waals surface area contributed by atoms with Crippen LogP contribution in [0.2, 0.25) is 0 Å². The first-order valence-corrected chi connectivity index (χ1v) is 10.1. The van der Waals surface area contributed by atoms with E-state index in [-0.39, 0.29) is 0 Å². The fourth-order valence-corrected chi connectivity index (χ4v) is 3.37. The SMILES string of the molecule is CCNC(=NCc1ccc(SC)cc1)NCC(C)(O)c1cccs1. The summed E-state index contributed by atoms with van der Waals surface area (Å²) in [5.74, 6) is 0.711. The number of nitrogens with one attached hydrogen (secondary N) is 2. The molecule has 0 spiro atoms. The van der Waals surface area contributed by atoms with Crippen LogP contribution >= 0.6 is 23.1 Å². The van der Waals surface area contributed by atoms with Crippen LogP contribution < -0.4 is 10.6 Å². The van der Waals surface area contributed by atoms with Crippen molar-refractivity contribution in [3.63, 3.8) is 0 Å². The lowest BCUT2D eigenvalue weighted by molar-refractivity contribution is 0.0655. The number of aliphatic imine (C=N–C) groups is 1. The molecule has 0 aliphatic carbocycles. The first-order valence-electron chi connectivity index (χ1n) is 7.96. The maximum atomic E-state index is 10.6. The van der Waals surface area contributed by atoms with Gasteiger partial charge in [-0.05, 0) is 49.2 Å². The lowest BCUT2D eigenvalue weighted by atomic mass is 10.1. The highest BCUT2D eigenvalue weighted by atomic mass is 32.2. The predicted octanol–water partition coefficient (Wildman–Crippen LogP) is 3.43. The lowest BCUT2D eigenvalue weighted by Gasteiger charge is -2.23. The molecule has 130 valence electrons. The number of thiophene rings is 1. The summed E-state index contributed by atoms with van der Waals surface area (Å²) < 4.78 is 0. The second kappa shape index (κ2) is 9.11. The molecule has 6 heteroatoms. The van der Waals surface area contributed by atoms with E-state index in [0.717, 1.165) is 17.0 Å². The molecule has 1 heterocycles. The van der Waals surface area contributed by atoms with Crippen LogP contribution in [0.5, 0.6) is 0 Å². The molecule has 0 radical (unpaired) electrons. The number of nitrogens with zero attached hydrogens (tertiary/aromatic N) is 1. The Labute approximate surface area is 152 Å². The topological polar surface area (TPSA) is 56.7 Å². The molecule has 4 nitrogen and oxygen atoms in total. The quantitative estimate of drug-likeness (QED) is 0.401.